The Morgan fingerprint density at radius 2 is 1.76 bits per heavy atom. The fraction of sp³-hybridized carbons (Fsp3) is 0.455. The SMILES string of the molecule is CCCCCNCCOc1ccc(CC(C)Nc2cc(OC)ccc2C2CCc3cc(O)ccc3C2)cc1. The molecule has 3 aromatic carbocycles. The molecule has 0 fully saturated rings. The standard InChI is InChI=1S/C33H44N2O3/c1-4-5-6-17-34-18-19-38-30-13-7-25(8-14-30)20-24(2)35-33-23-31(37-3)15-16-32(33)28-10-9-27-22-29(36)12-11-26(27)21-28/h7-8,11-16,22-24,28,34-36H,4-6,9-10,17-21H2,1-3H3. The number of hydrogen-bond acceptors (Lipinski definition) is 5. The van der Waals surface area contributed by atoms with Gasteiger partial charge in [-0.1, -0.05) is 44.0 Å². The van der Waals surface area contributed by atoms with Crippen molar-refractivity contribution < 1.29 is 14.6 Å². The Bertz CT molecular complexity index is 1150. The zero-order chi connectivity index (χ0) is 26.7. The number of unbranched alkanes of at least 4 members (excludes halogenated alkanes) is 2. The minimum atomic E-state index is 0.257. The summed E-state index contributed by atoms with van der Waals surface area (Å²) in [5.74, 6) is 2.58. The van der Waals surface area contributed by atoms with Crippen LogP contribution >= 0.6 is 0 Å². The number of hydrogen-bond donors (Lipinski definition) is 3. The molecule has 0 aromatic heterocycles. The van der Waals surface area contributed by atoms with E-state index in [1.54, 1.807) is 13.2 Å². The van der Waals surface area contributed by atoms with E-state index in [1.165, 1.54) is 41.5 Å². The van der Waals surface area contributed by atoms with Gasteiger partial charge in [0.05, 0.1) is 7.11 Å². The maximum absolute atomic E-state index is 9.86. The molecule has 0 saturated carbocycles. The summed E-state index contributed by atoms with van der Waals surface area (Å²) in [6.45, 7) is 7.09. The lowest BCUT2D eigenvalue weighted by Gasteiger charge is -2.28. The number of aromatic hydroxyl groups is 1. The van der Waals surface area contributed by atoms with E-state index in [0.717, 1.165) is 56.0 Å². The molecule has 1 aliphatic carbocycles. The molecule has 0 heterocycles. The Labute approximate surface area is 228 Å². The first-order chi connectivity index (χ1) is 18.6. The molecule has 1 aliphatic rings. The zero-order valence-electron chi connectivity index (χ0n) is 23.3. The summed E-state index contributed by atoms with van der Waals surface area (Å²) in [5, 5.41) is 17.1. The van der Waals surface area contributed by atoms with Crippen LogP contribution in [0.25, 0.3) is 0 Å². The van der Waals surface area contributed by atoms with Crippen molar-refractivity contribution in [3.05, 3.63) is 82.9 Å². The van der Waals surface area contributed by atoms with Crippen molar-refractivity contribution >= 4 is 5.69 Å². The molecule has 4 rings (SSSR count). The second-order valence-electron chi connectivity index (χ2n) is 10.5. The zero-order valence-corrected chi connectivity index (χ0v) is 23.3. The van der Waals surface area contributed by atoms with Crippen molar-refractivity contribution in [3.63, 3.8) is 0 Å². The van der Waals surface area contributed by atoms with Crippen molar-refractivity contribution in [2.45, 2.75) is 70.8 Å². The van der Waals surface area contributed by atoms with Crippen LogP contribution in [0.15, 0.2) is 60.7 Å². The molecule has 3 N–H and O–H groups in total. The minimum absolute atomic E-state index is 0.257. The molecule has 38 heavy (non-hydrogen) atoms. The van der Waals surface area contributed by atoms with Crippen LogP contribution in [-0.4, -0.2) is 38.0 Å². The highest BCUT2D eigenvalue weighted by atomic mass is 16.5. The molecule has 0 aliphatic heterocycles. The van der Waals surface area contributed by atoms with Crippen LogP contribution in [-0.2, 0) is 19.3 Å². The first-order valence-electron chi connectivity index (χ1n) is 14.2. The van der Waals surface area contributed by atoms with E-state index in [0.29, 0.717) is 18.3 Å². The van der Waals surface area contributed by atoms with Crippen molar-refractivity contribution in [1.29, 1.82) is 0 Å². The van der Waals surface area contributed by atoms with E-state index < -0.39 is 0 Å². The minimum Gasteiger partial charge on any atom is -0.508 e. The smallest absolute Gasteiger partial charge is 0.120 e. The summed E-state index contributed by atoms with van der Waals surface area (Å²) in [4.78, 5) is 0. The number of methoxy groups -OCH3 is 1. The van der Waals surface area contributed by atoms with E-state index in [1.807, 2.05) is 6.07 Å². The average molecular weight is 517 g/mol. The number of fused-ring (bicyclic) bond motifs is 1. The van der Waals surface area contributed by atoms with Crippen molar-refractivity contribution in [2.75, 3.05) is 32.1 Å². The summed E-state index contributed by atoms with van der Waals surface area (Å²) < 4.78 is 11.5. The number of anilines is 1. The average Bonchev–Trinajstić information content (AvgIpc) is 2.93. The molecule has 0 saturated heterocycles. The van der Waals surface area contributed by atoms with Crippen LogP contribution in [0.1, 0.15) is 67.7 Å². The van der Waals surface area contributed by atoms with Gasteiger partial charge in [-0.25, -0.2) is 0 Å². The third-order valence-corrected chi connectivity index (χ3v) is 7.49. The van der Waals surface area contributed by atoms with E-state index in [2.05, 4.69) is 73.0 Å². The maximum atomic E-state index is 9.86. The summed E-state index contributed by atoms with van der Waals surface area (Å²) in [6, 6.07) is 21.0. The van der Waals surface area contributed by atoms with Gasteiger partial charge >= 0.3 is 0 Å². The molecule has 204 valence electrons. The van der Waals surface area contributed by atoms with Gasteiger partial charge in [0.25, 0.3) is 0 Å². The monoisotopic (exact) mass is 516 g/mol. The topological polar surface area (TPSA) is 62.8 Å². The predicted octanol–water partition coefficient (Wildman–Crippen LogP) is 6.88. The molecule has 0 amide bonds. The lowest BCUT2D eigenvalue weighted by Crippen LogP contribution is -2.22. The third kappa shape index (κ3) is 7.91. The highest BCUT2D eigenvalue weighted by Gasteiger charge is 2.23. The fourth-order valence-electron chi connectivity index (χ4n) is 5.41. The van der Waals surface area contributed by atoms with Crippen LogP contribution in [0.2, 0.25) is 0 Å². The van der Waals surface area contributed by atoms with E-state index >= 15 is 0 Å². The van der Waals surface area contributed by atoms with Gasteiger partial charge in [-0.05, 0) is 104 Å². The molecule has 5 nitrogen and oxygen atoms in total. The molecule has 2 unspecified atom stereocenters. The highest BCUT2D eigenvalue weighted by molar-refractivity contribution is 5.58. The molecular formula is C33H44N2O3. The summed E-state index contributed by atoms with van der Waals surface area (Å²) in [7, 11) is 1.72. The second-order valence-corrected chi connectivity index (χ2v) is 10.5. The van der Waals surface area contributed by atoms with Crippen LogP contribution < -0.4 is 20.1 Å². The van der Waals surface area contributed by atoms with Crippen LogP contribution in [0.4, 0.5) is 5.69 Å². The largest absolute Gasteiger partial charge is 0.508 e. The Morgan fingerprint density at radius 3 is 2.55 bits per heavy atom. The van der Waals surface area contributed by atoms with Crippen LogP contribution in [0, 0.1) is 0 Å². The second kappa shape index (κ2) is 14.1. The Kier molecular flexibility index (Phi) is 10.3. The highest BCUT2D eigenvalue weighted by Crippen LogP contribution is 2.38. The number of phenols is 1. The summed E-state index contributed by atoms with van der Waals surface area (Å²) in [6.07, 6.45) is 7.73. The predicted molar refractivity (Wildman–Crippen MR) is 157 cm³/mol. The van der Waals surface area contributed by atoms with Crippen LogP contribution in [0.3, 0.4) is 0 Å². The van der Waals surface area contributed by atoms with Gasteiger partial charge in [-0.2, -0.15) is 0 Å². The van der Waals surface area contributed by atoms with Crippen molar-refractivity contribution in [3.8, 4) is 17.2 Å². The Morgan fingerprint density at radius 1 is 0.947 bits per heavy atom. The van der Waals surface area contributed by atoms with E-state index in [9.17, 15) is 5.11 Å². The molecule has 3 aromatic rings. The van der Waals surface area contributed by atoms with Gasteiger partial charge in [0.15, 0.2) is 0 Å². The number of nitrogens with one attached hydrogen (secondary N) is 2. The fourth-order valence-corrected chi connectivity index (χ4v) is 5.41. The summed E-state index contributed by atoms with van der Waals surface area (Å²) in [5.41, 5.74) is 6.38. The number of aryl methyl sites for hydroxylation is 1. The molecule has 2 atom stereocenters. The van der Waals surface area contributed by atoms with Gasteiger partial charge in [0.2, 0.25) is 0 Å². The number of ether oxygens (including phenoxy) is 2. The van der Waals surface area contributed by atoms with Crippen molar-refractivity contribution in [1.82, 2.24) is 5.32 Å². The normalized spacial score (nSPS) is 15.5. The Hall–Kier alpha value is -3.18. The van der Waals surface area contributed by atoms with Gasteiger partial charge in [0, 0.05) is 24.3 Å². The molecule has 5 heteroatoms. The third-order valence-electron chi connectivity index (χ3n) is 7.49. The van der Waals surface area contributed by atoms with Crippen molar-refractivity contribution in [2.24, 2.45) is 0 Å². The summed E-state index contributed by atoms with van der Waals surface area (Å²) >= 11 is 0. The van der Waals surface area contributed by atoms with Gasteiger partial charge in [0.1, 0.15) is 23.9 Å². The molecule has 0 radical (unpaired) electrons. The van der Waals surface area contributed by atoms with Gasteiger partial charge in [-0.15, -0.1) is 0 Å². The first kappa shape index (κ1) is 27.8. The quantitative estimate of drug-likeness (QED) is 0.204. The Balaban J connectivity index is 1.33. The van der Waals surface area contributed by atoms with Gasteiger partial charge in [-0.3, -0.25) is 0 Å². The molecule has 0 spiro atoms. The van der Waals surface area contributed by atoms with Gasteiger partial charge < -0.3 is 25.2 Å². The van der Waals surface area contributed by atoms with E-state index in [4.69, 9.17) is 9.47 Å². The lowest BCUT2D eigenvalue weighted by molar-refractivity contribution is 0.313. The lowest BCUT2D eigenvalue weighted by atomic mass is 9.79. The maximum Gasteiger partial charge on any atom is 0.120 e. The molecular weight excluding hydrogens is 472 g/mol. The molecule has 0 bridgehead atoms. The number of phenolic OH excluding ortho intramolecular Hbond substituents is 1. The van der Waals surface area contributed by atoms with Crippen LogP contribution in [0.5, 0.6) is 17.2 Å². The number of rotatable bonds is 14. The van der Waals surface area contributed by atoms with E-state index in [-0.39, 0.29) is 6.04 Å². The number of benzene rings is 3. The first-order valence-corrected chi connectivity index (χ1v) is 14.2.